The second kappa shape index (κ2) is 8.50. The Hall–Kier alpha value is -2.13. The molecule has 0 aliphatic rings. The van der Waals surface area contributed by atoms with Gasteiger partial charge in [-0.15, -0.1) is 5.10 Å². The smallest absolute Gasteiger partial charge is 0.289 e. The minimum atomic E-state index is -2.48. The maximum atomic E-state index is 12.6. The summed E-state index contributed by atoms with van der Waals surface area (Å²) in [7, 11) is 1.47. The van der Waals surface area contributed by atoms with Crippen LogP contribution < -0.4 is 4.74 Å². The lowest BCUT2D eigenvalue weighted by Crippen LogP contribution is -1.99. The first-order valence-electron chi connectivity index (χ1n) is 7.67. The molecule has 136 valence electrons. The highest BCUT2D eigenvalue weighted by Crippen LogP contribution is 2.35. The largest absolute Gasteiger partial charge is 0.496 e. The number of aryl methyl sites for hydroxylation is 1. The Morgan fingerprint density at radius 2 is 1.92 bits per heavy atom. The fourth-order valence-corrected chi connectivity index (χ4v) is 3.69. The Kier molecular flexibility index (Phi) is 6.10. The van der Waals surface area contributed by atoms with Crippen LogP contribution in [0.4, 0.5) is 8.78 Å². The van der Waals surface area contributed by atoms with Crippen molar-refractivity contribution in [2.45, 2.75) is 28.5 Å². The average Bonchev–Trinajstić information content (AvgIpc) is 3.09. The predicted octanol–water partition coefficient (Wildman–Crippen LogP) is 4.59. The van der Waals surface area contributed by atoms with Crippen LogP contribution in [-0.2, 0) is 5.75 Å². The Morgan fingerprint density at radius 3 is 2.62 bits per heavy atom. The van der Waals surface area contributed by atoms with Gasteiger partial charge in [0.1, 0.15) is 5.75 Å². The molecule has 0 saturated heterocycles. The van der Waals surface area contributed by atoms with Crippen molar-refractivity contribution in [2.24, 2.45) is 0 Å². The molecule has 0 bridgehead atoms. The van der Waals surface area contributed by atoms with Crippen molar-refractivity contribution < 1.29 is 13.5 Å². The van der Waals surface area contributed by atoms with Crippen molar-refractivity contribution >= 4 is 23.5 Å². The minimum Gasteiger partial charge on any atom is -0.496 e. The van der Waals surface area contributed by atoms with Gasteiger partial charge in [0.05, 0.1) is 17.7 Å². The van der Waals surface area contributed by atoms with Crippen LogP contribution in [0.1, 0.15) is 11.1 Å². The van der Waals surface area contributed by atoms with Crippen molar-refractivity contribution in [2.75, 3.05) is 7.11 Å². The maximum absolute atomic E-state index is 12.6. The lowest BCUT2D eigenvalue weighted by molar-refractivity contribution is 0.251. The second-order valence-electron chi connectivity index (χ2n) is 5.36. The van der Waals surface area contributed by atoms with E-state index in [2.05, 4.69) is 15.5 Å². The second-order valence-corrected chi connectivity index (χ2v) is 7.34. The third kappa shape index (κ3) is 4.53. The number of nitrogens with zero attached hydrogens (tertiary/aromatic N) is 4. The van der Waals surface area contributed by atoms with Crippen molar-refractivity contribution in [3.8, 4) is 11.4 Å². The van der Waals surface area contributed by atoms with Crippen LogP contribution in [-0.4, -0.2) is 33.1 Å². The first-order chi connectivity index (χ1) is 12.6. The van der Waals surface area contributed by atoms with Gasteiger partial charge >= 0.3 is 0 Å². The molecule has 0 atom stereocenters. The van der Waals surface area contributed by atoms with E-state index in [0.29, 0.717) is 33.3 Å². The van der Waals surface area contributed by atoms with Gasteiger partial charge in [0.25, 0.3) is 5.76 Å². The van der Waals surface area contributed by atoms with E-state index in [9.17, 15) is 8.78 Å². The standard InChI is InChI=1S/C17H16F2N4OS2/c1-11-3-6-13(7-4-11)23-17(20-21-22-23)25-10-12-5-8-15(26-16(18)19)14(9-12)24-2/h3-9,16H,10H2,1-2H3. The molecule has 9 heteroatoms. The van der Waals surface area contributed by atoms with Crippen molar-refractivity contribution in [3.05, 3.63) is 53.6 Å². The van der Waals surface area contributed by atoms with E-state index in [0.717, 1.165) is 16.8 Å². The number of thioether (sulfide) groups is 2. The summed E-state index contributed by atoms with van der Waals surface area (Å²) < 4.78 is 32.0. The Bertz CT molecular complexity index is 871. The zero-order valence-corrected chi connectivity index (χ0v) is 15.7. The molecule has 0 amide bonds. The summed E-state index contributed by atoms with van der Waals surface area (Å²) in [5.74, 6) is -1.46. The molecule has 0 unspecified atom stereocenters. The summed E-state index contributed by atoms with van der Waals surface area (Å²) in [4.78, 5) is 0.417. The first kappa shape index (κ1) is 18.7. The van der Waals surface area contributed by atoms with Gasteiger partial charge in [0, 0.05) is 5.75 Å². The van der Waals surface area contributed by atoms with Crippen molar-refractivity contribution in [1.29, 1.82) is 0 Å². The molecule has 0 fully saturated rings. The number of alkyl halides is 2. The molecular weight excluding hydrogens is 378 g/mol. The molecule has 3 rings (SSSR count). The van der Waals surface area contributed by atoms with Crippen LogP contribution in [0.25, 0.3) is 5.69 Å². The van der Waals surface area contributed by atoms with Gasteiger partial charge in [-0.2, -0.15) is 13.5 Å². The molecule has 5 nitrogen and oxygen atoms in total. The van der Waals surface area contributed by atoms with E-state index in [1.54, 1.807) is 22.9 Å². The zero-order chi connectivity index (χ0) is 18.5. The molecule has 1 aromatic heterocycles. The molecule has 0 radical (unpaired) electrons. The zero-order valence-electron chi connectivity index (χ0n) is 14.1. The monoisotopic (exact) mass is 394 g/mol. The molecule has 0 N–H and O–H groups in total. The first-order valence-corrected chi connectivity index (χ1v) is 9.53. The summed E-state index contributed by atoms with van der Waals surface area (Å²) in [6.45, 7) is 2.02. The fourth-order valence-electron chi connectivity index (χ4n) is 2.26. The molecule has 0 saturated carbocycles. The summed E-state index contributed by atoms with van der Waals surface area (Å²) in [5.41, 5.74) is 2.97. The van der Waals surface area contributed by atoms with Gasteiger partial charge in [0.15, 0.2) is 0 Å². The van der Waals surface area contributed by atoms with Crippen LogP contribution in [0.15, 0.2) is 52.5 Å². The Balaban J connectivity index is 1.74. The van der Waals surface area contributed by atoms with Crippen LogP contribution in [0, 0.1) is 6.92 Å². The summed E-state index contributed by atoms with van der Waals surface area (Å²) in [6.07, 6.45) is 0. The van der Waals surface area contributed by atoms with E-state index < -0.39 is 5.76 Å². The molecule has 1 heterocycles. The quantitative estimate of drug-likeness (QED) is 0.547. The van der Waals surface area contributed by atoms with E-state index in [-0.39, 0.29) is 0 Å². The molecule has 0 aliphatic carbocycles. The number of tetrazole rings is 1. The molecule has 0 aliphatic heterocycles. The fraction of sp³-hybridized carbons (Fsp3) is 0.235. The van der Waals surface area contributed by atoms with E-state index in [4.69, 9.17) is 4.74 Å². The van der Waals surface area contributed by atoms with Crippen molar-refractivity contribution in [3.63, 3.8) is 0 Å². The third-order valence-electron chi connectivity index (χ3n) is 3.53. The van der Waals surface area contributed by atoms with Gasteiger partial charge in [-0.05, 0) is 47.2 Å². The minimum absolute atomic E-state index is 0.417. The molecular formula is C17H16F2N4OS2. The molecule has 3 aromatic rings. The maximum Gasteiger partial charge on any atom is 0.289 e. The number of benzene rings is 2. The third-order valence-corrected chi connectivity index (χ3v) is 5.29. The van der Waals surface area contributed by atoms with Gasteiger partial charge in [-0.1, -0.05) is 47.3 Å². The number of ether oxygens (including phenoxy) is 1. The SMILES string of the molecule is COc1cc(CSc2nnnn2-c2ccc(C)cc2)ccc1SC(F)F. The topological polar surface area (TPSA) is 52.8 Å². The number of hydrogen-bond donors (Lipinski definition) is 0. The highest BCUT2D eigenvalue weighted by Gasteiger charge is 2.13. The predicted molar refractivity (Wildman–Crippen MR) is 98.3 cm³/mol. The van der Waals surface area contributed by atoms with Crippen molar-refractivity contribution in [1.82, 2.24) is 20.2 Å². The van der Waals surface area contributed by atoms with Crippen LogP contribution in [0.3, 0.4) is 0 Å². The highest BCUT2D eigenvalue weighted by molar-refractivity contribution is 7.99. The van der Waals surface area contributed by atoms with Gasteiger partial charge in [-0.25, -0.2) is 0 Å². The molecule has 2 aromatic carbocycles. The highest BCUT2D eigenvalue weighted by atomic mass is 32.2. The van der Waals surface area contributed by atoms with Crippen LogP contribution in [0.5, 0.6) is 5.75 Å². The van der Waals surface area contributed by atoms with Crippen LogP contribution in [0.2, 0.25) is 0 Å². The molecule has 26 heavy (non-hydrogen) atoms. The lowest BCUT2D eigenvalue weighted by atomic mass is 10.2. The Labute approximate surface area is 158 Å². The number of methoxy groups -OCH3 is 1. The summed E-state index contributed by atoms with van der Waals surface area (Å²) in [5, 5.41) is 12.5. The van der Waals surface area contributed by atoms with Gasteiger partial charge in [-0.3, -0.25) is 0 Å². The summed E-state index contributed by atoms with van der Waals surface area (Å²) >= 11 is 1.93. The lowest BCUT2D eigenvalue weighted by Gasteiger charge is -2.10. The normalized spacial score (nSPS) is 11.1. The number of rotatable bonds is 7. The average molecular weight is 394 g/mol. The number of hydrogen-bond acceptors (Lipinski definition) is 6. The van der Waals surface area contributed by atoms with Crippen LogP contribution >= 0.6 is 23.5 Å². The molecule has 0 spiro atoms. The van der Waals surface area contributed by atoms with E-state index >= 15 is 0 Å². The van der Waals surface area contributed by atoms with Gasteiger partial charge in [0.2, 0.25) is 5.16 Å². The van der Waals surface area contributed by atoms with E-state index in [1.807, 2.05) is 31.2 Å². The van der Waals surface area contributed by atoms with Gasteiger partial charge < -0.3 is 4.74 Å². The number of aromatic nitrogens is 4. The summed E-state index contributed by atoms with van der Waals surface area (Å²) in [6, 6.07) is 13.1. The number of halogens is 2. The van der Waals surface area contributed by atoms with E-state index in [1.165, 1.54) is 18.9 Å². The Morgan fingerprint density at radius 1 is 1.15 bits per heavy atom.